The molecule has 1 aliphatic heterocycles. The first-order chi connectivity index (χ1) is 17.6. The maximum atomic E-state index is 13.5. The smallest absolute Gasteiger partial charge is 0.416 e. The van der Waals surface area contributed by atoms with Crippen LogP contribution in [0.4, 0.5) is 18.9 Å². The average Bonchev–Trinajstić information content (AvgIpc) is 3.25. The van der Waals surface area contributed by atoms with Crippen LogP contribution in [-0.4, -0.2) is 42.3 Å². The van der Waals surface area contributed by atoms with Gasteiger partial charge in [0.25, 0.3) is 0 Å². The van der Waals surface area contributed by atoms with Gasteiger partial charge >= 0.3 is 12.1 Å². The topological polar surface area (TPSA) is 71.0 Å². The normalized spacial score (nSPS) is 17.3. The van der Waals surface area contributed by atoms with Crippen molar-refractivity contribution in [1.29, 1.82) is 0 Å². The number of benzene rings is 3. The Labute approximate surface area is 216 Å². The summed E-state index contributed by atoms with van der Waals surface area (Å²) in [6.45, 7) is 1.63. The van der Waals surface area contributed by atoms with Crippen molar-refractivity contribution in [3.05, 3.63) is 101 Å². The highest BCUT2D eigenvalue weighted by molar-refractivity contribution is 6.31. The van der Waals surface area contributed by atoms with E-state index < -0.39 is 29.0 Å². The number of hydrogen-bond acceptors (Lipinski definition) is 5. The van der Waals surface area contributed by atoms with Crippen LogP contribution in [0.25, 0.3) is 0 Å². The first kappa shape index (κ1) is 26.2. The van der Waals surface area contributed by atoms with Gasteiger partial charge < -0.3 is 10.1 Å². The molecule has 3 aromatic rings. The van der Waals surface area contributed by atoms with E-state index in [0.29, 0.717) is 21.9 Å². The molecule has 0 radical (unpaired) electrons. The summed E-state index contributed by atoms with van der Waals surface area (Å²) in [7, 11) is 0. The van der Waals surface area contributed by atoms with Crippen LogP contribution >= 0.6 is 11.6 Å². The number of rotatable bonds is 7. The van der Waals surface area contributed by atoms with E-state index >= 15 is 0 Å². The monoisotopic (exact) mass is 529 g/mol. The van der Waals surface area contributed by atoms with Gasteiger partial charge in [-0.15, -0.1) is 0 Å². The molecule has 3 aromatic carbocycles. The van der Waals surface area contributed by atoms with E-state index in [4.69, 9.17) is 16.3 Å². The Kier molecular flexibility index (Phi) is 7.54. The van der Waals surface area contributed by atoms with Crippen molar-refractivity contribution in [3.63, 3.8) is 0 Å². The number of hydrogen-bond donors (Lipinski definition) is 1. The Hall–Kier alpha value is -3.85. The molecule has 10 heteroatoms. The molecular weight excluding hydrogens is 507 g/mol. The third kappa shape index (κ3) is 5.61. The van der Waals surface area contributed by atoms with Gasteiger partial charge in [-0.2, -0.15) is 18.3 Å². The first-order valence-electron chi connectivity index (χ1n) is 11.4. The van der Waals surface area contributed by atoms with Crippen molar-refractivity contribution in [2.45, 2.75) is 18.5 Å². The molecule has 1 heterocycles. The Morgan fingerprint density at radius 2 is 1.68 bits per heavy atom. The summed E-state index contributed by atoms with van der Waals surface area (Å²) in [4.78, 5) is 26.3. The molecule has 0 spiro atoms. The number of nitrogens with zero attached hydrogens (tertiary/aromatic N) is 2. The molecule has 192 valence electrons. The lowest BCUT2D eigenvalue weighted by molar-refractivity contribution is -0.147. The Morgan fingerprint density at radius 1 is 1.03 bits per heavy atom. The minimum Gasteiger partial charge on any atom is -0.465 e. The predicted octanol–water partition coefficient (Wildman–Crippen LogP) is 5.52. The van der Waals surface area contributed by atoms with Crippen LogP contribution in [0.15, 0.2) is 84.0 Å². The Balaban J connectivity index is 1.65. The van der Waals surface area contributed by atoms with Crippen LogP contribution in [0.3, 0.4) is 0 Å². The van der Waals surface area contributed by atoms with Gasteiger partial charge in [0.15, 0.2) is 5.41 Å². The highest BCUT2D eigenvalue weighted by atomic mass is 35.5. The second-order valence-electron chi connectivity index (χ2n) is 8.39. The Bertz CT molecular complexity index is 1300. The maximum Gasteiger partial charge on any atom is 0.416 e. The van der Waals surface area contributed by atoms with E-state index in [0.717, 1.165) is 12.1 Å². The molecule has 6 nitrogen and oxygen atoms in total. The van der Waals surface area contributed by atoms with E-state index in [1.54, 1.807) is 55.5 Å². The van der Waals surface area contributed by atoms with Crippen LogP contribution in [0, 0.1) is 0 Å². The summed E-state index contributed by atoms with van der Waals surface area (Å²) in [5.74, 6) is -1.02. The van der Waals surface area contributed by atoms with Crippen LogP contribution in [-0.2, 0) is 25.9 Å². The Morgan fingerprint density at radius 3 is 2.27 bits per heavy atom. The number of carbonyl (C=O) groups excluding carboxylic acids is 2. The summed E-state index contributed by atoms with van der Waals surface area (Å²) < 4.78 is 44.0. The predicted molar refractivity (Wildman–Crippen MR) is 134 cm³/mol. The van der Waals surface area contributed by atoms with Gasteiger partial charge in [-0.25, -0.2) is 0 Å². The van der Waals surface area contributed by atoms with Crippen molar-refractivity contribution in [3.8, 4) is 0 Å². The lowest BCUT2D eigenvalue weighted by Gasteiger charge is -2.29. The first-order valence-corrected chi connectivity index (χ1v) is 11.8. The maximum absolute atomic E-state index is 13.5. The third-order valence-corrected chi connectivity index (χ3v) is 6.15. The summed E-state index contributed by atoms with van der Waals surface area (Å²) in [6, 6.07) is 20.0. The minimum absolute atomic E-state index is 0.0221. The van der Waals surface area contributed by atoms with E-state index in [1.807, 2.05) is 6.07 Å². The molecular formula is C27H23ClF3N3O3. The van der Waals surface area contributed by atoms with Crippen molar-refractivity contribution < 1.29 is 27.5 Å². The molecule has 0 aliphatic carbocycles. The number of nitrogens with one attached hydrogen (secondary N) is 1. The van der Waals surface area contributed by atoms with Gasteiger partial charge in [-0.05, 0) is 54.4 Å². The van der Waals surface area contributed by atoms with Crippen LogP contribution < -0.4 is 5.32 Å². The van der Waals surface area contributed by atoms with Gasteiger partial charge in [0.05, 0.1) is 24.4 Å². The zero-order valence-corrected chi connectivity index (χ0v) is 20.5. The molecule has 0 bridgehead atoms. The van der Waals surface area contributed by atoms with Gasteiger partial charge in [-0.3, -0.25) is 14.6 Å². The van der Waals surface area contributed by atoms with Crippen LogP contribution in [0.1, 0.15) is 23.6 Å². The molecule has 1 N–H and O–H groups in total. The fourth-order valence-electron chi connectivity index (χ4n) is 4.21. The molecule has 37 heavy (non-hydrogen) atoms. The fourth-order valence-corrected chi connectivity index (χ4v) is 4.33. The summed E-state index contributed by atoms with van der Waals surface area (Å²) in [6.07, 6.45) is -4.47. The summed E-state index contributed by atoms with van der Waals surface area (Å²) in [5, 5.41) is 9.19. The number of alkyl halides is 3. The molecule has 0 saturated heterocycles. The van der Waals surface area contributed by atoms with E-state index in [-0.39, 0.29) is 25.4 Å². The quantitative estimate of drug-likeness (QED) is 0.409. The van der Waals surface area contributed by atoms with Crippen LogP contribution in [0.2, 0.25) is 5.02 Å². The van der Waals surface area contributed by atoms with Gasteiger partial charge in [0, 0.05) is 10.7 Å². The van der Waals surface area contributed by atoms with E-state index in [1.165, 1.54) is 17.1 Å². The molecule has 0 saturated carbocycles. The third-order valence-electron chi connectivity index (χ3n) is 5.90. The molecule has 1 atom stereocenters. The number of amides is 1. The lowest BCUT2D eigenvalue weighted by Crippen LogP contribution is -2.48. The number of halogens is 4. The largest absolute Gasteiger partial charge is 0.465 e. The average molecular weight is 530 g/mol. The van der Waals surface area contributed by atoms with Gasteiger partial charge in [-0.1, -0.05) is 54.1 Å². The number of anilines is 1. The van der Waals surface area contributed by atoms with Gasteiger partial charge in [0.1, 0.15) is 6.54 Å². The van der Waals surface area contributed by atoms with Crippen molar-refractivity contribution in [2.75, 3.05) is 25.0 Å². The molecule has 1 amide bonds. The van der Waals surface area contributed by atoms with E-state index in [9.17, 15) is 22.8 Å². The van der Waals surface area contributed by atoms with Gasteiger partial charge in [0.2, 0.25) is 5.91 Å². The summed E-state index contributed by atoms with van der Waals surface area (Å²) in [5.41, 5.74) is -0.251. The highest BCUT2D eigenvalue weighted by Crippen LogP contribution is 2.37. The fraction of sp³-hybridized carbons (Fsp3) is 0.222. The van der Waals surface area contributed by atoms with E-state index in [2.05, 4.69) is 10.4 Å². The molecule has 1 aliphatic rings. The second-order valence-corrected chi connectivity index (χ2v) is 8.83. The number of hydrazone groups is 1. The summed E-state index contributed by atoms with van der Waals surface area (Å²) >= 11 is 6.07. The number of esters is 1. The molecule has 4 rings (SSSR count). The molecule has 0 fully saturated rings. The number of carbonyl (C=O) groups is 2. The highest BCUT2D eigenvalue weighted by Gasteiger charge is 2.52. The standard InChI is InChI=1S/C27H23ClF3N3O3/c1-2-37-25(36)26(19-6-4-3-5-7-19)17-34(33-24(26)18-8-12-21(28)13-9-18)16-23(35)32-22-14-10-20(11-15-22)27(29,30)31/h3-15H,2,16-17H2,1H3,(H,32,35). The minimum atomic E-state index is -4.47. The number of ether oxygens (including phenoxy) is 1. The van der Waals surface area contributed by atoms with Crippen molar-refractivity contribution in [2.24, 2.45) is 5.10 Å². The SMILES string of the molecule is CCOC(=O)C1(c2ccccc2)CN(CC(=O)Nc2ccc(C(F)(F)F)cc2)N=C1c1ccc(Cl)cc1. The molecule has 1 unspecified atom stereocenters. The second kappa shape index (κ2) is 10.6. The van der Waals surface area contributed by atoms with Crippen molar-refractivity contribution in [1.82, 2.24) is 5.01 Å². The zero-order valence-electron chi connectivity index (χ0n) is 19.8. The molecule has 0 aromatic heterocycles. The lowest BCUT2D eigenvalue weighted by atomic mass is 9.74. The van der Waals surface area contributed by atoms with Crippen molar-refractivity contribution >= 4 is 34.9 Å². The van der Waals surface area contributed by atoms with Crippen LogP contribution in [0.5, 0.6) is 0 Å². The zero-order chi connectivity index (χ0) is 26.6.